The monoisotopic (exact) mass is 310 g/mol. The summed E-state index contributed by atoms with van der Waals surface area (Å²) in [6.45, 7) is 4.54. The molecule has 4 rings (SSSR count). The van der Waals surface area contributed by atoms with E-state index in [0.29, 0.717) is 16.8 Å². The summed E-state index contributed by atoms with van der Waals surface area (Å²) in [7, 11) is 0. The number of aromatic nitrogens is 4. The highest BCUT2D eigenvalue weighted by Gasteiger charge is 2.29. The van der Waals surface area contributed by atoms with Crippen LogP contribution in [0.4, 0.5) is 0 Å². The second-order valence-corrected chi connectivity index (χ2v) is 6.99. The fraction of sp³-hybridized carbons (Fsp3) is 0.353. The Balaban J connectivity index is 1.78. The topological polar surface area (TPSA) is 94.7 Å². The number of hydrogen-bond acceptors (Lipinski definition) is 3. The summed E-state index contributed by atoms with van der Waals surface area (Å²) in [5.41, 5.74) is 5.26. The number of imidazole rings is 1. The maximum atomic E-state index is 11.1. The molecule has 1 aromatic carbocycles. The molecule has 0 aliphatic heterocycles. The van der Waals surface area contributed by atoms with E-state index >= 15 is 0 Å². The predicted molar refractivity (Wildman–Crippen MR) is 86.4 cm³/mol. The average molecular weight is 310 g/mol. The molecular formula is C17H18N4O2. The zero-order chi connectivity index (χ0) is 16.2. The number of carbonyl (C=O) groups is 1. The molecule has 1 aliphatic carbocycles. The van der Waals surface area contributed by atoms with Crippen LogP contribution in [-0.2, 0) is 12.8 Å². The van der Waals surface area contributed by atoms with Gasteiger partial charge in [-0.2, -0.15) is 5.10 Å². The molecule has 0 fully saturated rings. The molecular weight excluding hydrogens is 292 g/mol. The number of hydrogen-bond donors (Lipinski definition) is 3. The number of rotatable bonds is 2. The van der Waals surface area contributed by atoms with Crippen molar-refractivity contribution in [3.8, 4) is 11.5 Å². The first kappa shape index (κ1) is 14.0. The van der Waals surface area contributed by atoms with Gasteiger partial charge in [0.25, 0.3) is 0 Å². The molecule has 0 unspecified atom stereocenters. The van der Waals surface area contributed by atoms with Crippen LogP contribution in [0.1, 0.15) is 41.9 Å². The molecule has 0 saturated heterocycles. The van der Waals surface area contributed by atoms with Gasteiger partial charge in [0.1, 0.15) is 5.69 Å². The van der Waals surface area contributed by atoms with Crippen LogP contribution in [0.25, 0.3) is 22.6 Å². The molecule has 3 aromatic rings. The minimum atomic E-state index is -0.942. The molecule has 0 bridgehead atoms. The van der Waals surface area contributed by atoms with Crippen LogP contribution in [0.2, 0.25) is 0 Å². The zero-order valence-corrected chi connectivity index (χ0v) is 13.1. The van der Waals surface area contributed by atoms with Gasteiger partial charge in [-0.05, 0) is 42.9 Å². The van der Waals surface area contributed by atoms with Crippen molar-refractivity contribution >= 4 is 17.0 Å². The van der Waals surface area contributed by atoms with Crippen molar-refractivity contribution < 1.29 is 9.90 Å². The lowest BCUT2D eigenvalue weighted by Gasteiger charge is -2.28. The lowest BCUT2D eigenvalue weighted by atomic mass is 9.76. The van der Waals surface area contributed by atoms with Gasteiger partial charge in [-0.15, -0.1) is 0 Å². The fourth-order valence-corrected chi connectivity index (χ4v) is 3.30. The summed E-state index contributed by atoms with van der Waals surface area (Å²) in [6, 6.07) is 4.90. The Hall–Kier alpha value is -2.63. The van der Waals surface area contributed by atoms with Gasteiger partial charge in [-0.3, -0.25) is 5.10 Å². The van der Waals surface area contributed by atoms with Gasteiger partial charge >= 0.3 is 5.97 Å². The van der Waals surface area contributed by atoms with Gasteiger partial charge in [-0.1, -0.05) is 13.8 Å². The third kappa shape index (κ3) is 2.30. The van der Waals surface area contributed by atoms with E-state index < -0.39 is 5.97 Å². The predicted octanol–water partition coefficient (Wildman–Crippen LogP) is 3.17. The Labute approximate surface area is 133 Å². The number of nitrogens with one attached hydrogen (secondary N) is 2. The van der Waals surface area contributed by atoms with Crippen LogP contribution in [0, 0.1) is 5.41 Å². The molecule has 1 aliphatic rings. The Morgan fingerprint density at radius 2 is 2.17 bits per heavy atom. The molecule has 118 valence electrons. The van der Waals surface area contributed by atoms with Crippen LogP contribution in [0.3, 0.4) is 0 Å². The molecule has 3 N–H and O–H groups in total. The number of aromatic carboxylic acids is 1. The van der Waals surface area contributed by atoms with E-state index in [9.17, 15) is 4.79 Å². The highest BCUT2D eigenvalue weighted by atomic mass is 16.4. The van der Waals surface area contributed by atoms with Crippen LogP contribution in [-0.4, -0.2) is 31.2 Å². The van der Waals surface area contributed by atoms with Crippen LogP contribution in [0.5, 0.6) is 0 Å². The average Bonchev–Trinajstić information content (AvgIpc) is 3.07. The SMILES string of the molecule is CC1(C)CCc2c(-c3nc4ccc(C(=O)O)cc4[nH]3)n[nH]c2C1. The highest BCUT2D eigenvalue weighted by molar-refractivity contribution is 5.93. The number of carboxylic acid groups (broad SMARTS) is 1. The molecule has 6 heteroatoms. The Morgan fingerprint density at radius 1 is 1.35 bits per heavy atom. The molecule has 2 heterocycles. The quantitative estimate of drug-likeness (QED) is 0.677. The Bertz CT molecular complexity index is 920. The lowest BCUT2D eigenvalue weighted by Crippen LogP contribution is -2.21. The van der Waals surface area contributed by atoms with E-state index in [1.165, 1.54) is 11.3 Å². The van der Waals surface area contributed by atoms with E-state index in [0.717, 1.165) is 30.5 Å². The molecule has 2 aromatic heterocycles. The van der Waals surface area contributed by atoms with E-state index in [-0.39, 0.29) is 5.56 Å². The third-order valence-corrected chi connectivity index (χ3v) is 4.61. The minimum absolute atomic E-state index is 0.249. The van der Waals surface area contributed by atoms with Crippen molar-refractivity contribution in [3.63, 3.8) is 0 Å². The molecule has 0 amide bonds. The number of nitrogens with zero attached hydrogens (tertiary/aromatic N) is 2. The van der Waals surface area contributed by atoms with Crippen LogP contribution in [0.15, 0.2) is 18.2 Å². The zero-order valence-electron chi connectivity index (χ0n) is 13.1. The highest BCUT2D eigenvalue weighted by Crippen LogP contribution is 2.37. The second-order valence-electron chi connectivity index (χ2n) is 6.99. The normalized spacial score (nSPS) is 16.4. The summed E-state index contributed by atoms with van der Waals surface area (Å²) >= 11 is 0. The second kappa shape index (κ2) is 4.68. The standard InChI is InChI=1S/C17H18N4O2/c1-17(2)6-5-10-13(8-17)20-21-14(10)15-18-11-4-3-9(16(22)23)7-12(11)19-15/h3-4,7H,5-6,8H2,1-2H3,(H,18,19)(H,20,21)(H,22,23). The van der Waals surface area contributed by atoms with Gasteiger partial charge in [0, 0.05) is 11.3 Å². The largest absolute Gasteiger partial charge is 0.478 e. The number of H-pyrrole nitrogens is 2. The van der Waals surface area contributed by atoms with Gasteiger partial charge < -0.3 is 10.1 Å². The number of carboxylic acids is 1. The van der Waals surface area contributed by atoms with Crippen molar-refractivity contribution in [2.45, 2.75) is 33.1 Å². The number of aromatic amines is 2. The van der Waals surface area contributed by atoms with Crippen molar-refractivity contribution in [1.82, 2.24) is 20.2 Å². The summed E-state index contributed by atoms with van der Waals surface area (Å²) in [4.78, 5) is 18.9. The first-order chi connectivity index (χ1) is 10.9. The minimum Gasteiger partial charge on any atom is -0.478 e. The van der Waals surface area contributed by atoms with E-state index in [4.69, 9.17) is 5.11 Å². The molecule has 23 heavy (non-hydrogen) atoms. The maximum Gasteiger partial charge on any atom is 0.335 e. The smallest absolute Gasteiger partial charge is 0.335 e. The molecule has 0 saturated carbocycles. The summed E-state index contributed by atoms with van der Waals surface area (Å²) in [6.07, 6.45) is 3.08. The van der Waals surface area contributed by atoms with Gasteiger partial charge in [0.2, 0.25) is 0 Å². The van der Waals surface area contributed by atoms with E-state index in [1.54, 1.807) is 18.2 Å². The third-order valence-electron chi connectivity index (χ3n) is 4.61. The first-order valence-corrected chi connectivity index (χ1v) is 7.72. The first-order valence-electron chi connectivity index (χ1n) is 7.72. The van der Waals surface area contributed by atoms with Crippen molar-refractivity contribution in [3.05, 3.63) is 35.0 Å². The Kier molecular flexibility index (Phi) is 2.85. The van der Waals surface area contributed by atoms with Crippen LogP contribution >= 0.6 is 0 Å². The van der Waals surface area contributed by atoms with Gasteiger partial charge in [0.15, 0.2) is 5.82 Å². The lowest BCUT2D eigenvalue weighted by molar-refractivity contribution is 0.0697. The molecule has 0 atom stereocenters. The summed E-state index contributed by atoms with van der Waals surface area (Å²) in [5, 5.41) is 16.7. The fourth-order valence-electron chi connectivity index (χ4n) is 3.30. The molecule has 6 nitrogen and oxygen atoms in total. The van der Waals surface area contributed by atoms with Crippen molar-refractivity contribution in [2.24, 2.45) is 5.41 Å². The van der Waals surface area contributed by atoms with Gasteiger partial charge in [0.05, 0.1) is 16.6 Å². The maximum absolute atomic E-state index is 11.1. The number of fused-ring (bicyclic) bond motifs is 2. The molecule has 0 radical (unpaired) electrons. The number of benzene rings is 1. The van der Waals surface area contributed by atoms with E-state index in [2.05, 4.69) is 34.0 Å². The molecule has 0 spiro atoms. The van der Waals surface area contributed by atoms with Crippen molar-refractivity contribution in [2.75, 3.05) is 0 Å². The summed E-state index contributed by atoms with van der Waals surface area (Å²) < 4.78 is 0. The van der Waals surface area contributed by atoms with Crippen molar-refractivity contribution in [1.29, 1.82) is 0 Å². The van der Waals surface area contributed by atoms with E-state index in [1.807, 2.05) is 0 Å². The Morgan fingerprint density at radius 3 is 2.96 bits per heavy atom. The van der Waals surface area contributed by atoms with Gasteiger partial charge in [-0.25, -0.2) is 9.78 Å². The summed E-state index contributed by atoms with van der Waals surface area (Å²) in [5.74, 6) is -0.248. The van der Waals surface area contributed by atoms with Crippen LogP contribution < -0.4 is 0 Å².